The SMILES string of the molecule is CNc1ccc(CSC(C)C)cc1. The highest BCUT2D eigenvalue weighted by atomic mass is 32.2. The highest BCUT2D eigenvalue weighted by molar-refractivity contribution is 7.99. The Bertz CT molecular complexity index is 241. The molecule has 1 aromatic rings. The van der Waals surface area contributed by atoms with Gasteiger partial charge in [0.2, 0.25) is 0 Å². The van der Waals surface area contributed by atoms with Gasteiger partial charge in [0.1, 0.15) is 0 Å². The smallest absolute Gasteiger partial charge is 0.0337 e. The number of anilines is 1. The van der Waals surface area contributed by atoms with Crippen molar-refractivity contribution in [1.29, 1.82) is 0 Å². The highest BCUT2D eigenvalue weighted by Crippen LogP contribution is 2.18. The molecule has 1 aromatic carbocycles. The van der Waals surface area contributed by atoms with Crippen LogP contribution in [0.25, 0.3) is 0 Å². The van der Waals surface area contributed by atoms with Gasteiger partial charge >= 0.3 is 0 Å². The summed E-state index contributed by atoms with van der Waals surface area (Å²) < 4.78 is 0. The van der Waals surface area contributed by atoms with Gasteiger partial charge in [-0.05, 0) is 22.9 Å². The van der Waals surface area contributed by atoms with Gasteiger partial charge in [-0.25, -0.2) is 0 Å². The third kappa shape index (κ3) is 3.73. The lowest BCUT2D eigenvalue weighted by molar-refractivity contribution is 1.11. The molecule has 1 N–H and O–H groups in total. The Morgan fingerprint density at radius 2 is 1.85 bits per heavy atom. The molecule has 0 unspecified atom stereocenters. The van der Waals surface area contributed by atoms with Gasteiger partial charge < -0.3 is 5.32 Å². The van der Waals surface area contributed by atoms with E-state index in [2.05, 4.69) is 43.4 Å². The van der Waals surface area contributed by atoms with E-state index in [9.17, 15) is 0 Å². The second-order valence-electron chi connectivity index (χ2n) is 3.31. The van der Waals surface area contributed by atoms with Crippen molar-refractivity contribution in [3.05, 3.63) is 29.8 Å². The number of hydrogen-bond donors (Lipinski definition) is 1. The summed E-state index contributed by atoms with van der Waals surface area (Å²) in [5, 5.41) is 3.82. The Labute approximate surface area is 84.9 Å². The first-order valence-corrected chi connectivity index (χ1v) is 5.65. The lowest BCUT2D eigenvalue weighted by Crippen LogP contribution is -1.90. The first kappa shape index (κ1) is 10.5. The van der Waals surface area contributed by atoms with Crippen LogP contribution >= 0.6 is 11.8 Å². The van der Waals surface area contributed by atoms with Gasteiger partial charge in [0, 0.05) is 18.5 Å². The first-order valence-electron chi connectivity index (χ1n) is 4.60. The van der Waals surface area contributed by atoms with Crippen LogP contribution < -0.4 is 5.32 Å². The summed E-state index contributed by atoms with van der Waals surface area (Å²) in [6.07, 6.45) is 0. The molecule has 0 radical (unpaired) electrons. The van der Waals surface area contributed by atoms with E-state index >= 15 is 0 Å². The third-order valence-corrected chi connectivity index (χ3v) is 2.99. The fourth-order valence-corrected chi connectivity index (χ4v) is 1.75. The van der Waals surface area contributed by atoms with Crippen LogP contribution in [-0.4, -0.2) is 12.3 Å². The van der Waals surface area contributed by atoms with E-state index in [-0.39, 0.29) is 0 Å². The Morgan fingerprint density at radius 1 is 1.23 bits per heavy atom. The fourth-order valence-electron chi connectivity index (χ4n) is 1.03. The molecule has 0 atom stereocenters. The first-order chi connectivity index (χ1) is 6.22. The van der Waals surface area contributed by atoms with Gasteiger partial charge in [0.05, 0.1) is 0 Å². The maximum atomic E-state index is 3.11. The molecule has 0 aliphatic heterocycles. The number of thioether (sulfide) groups is 1. The second kappa shape index (κ2) is 5.18. The monoisotopic (exact) mass is 195 g/mol. The van der Waals surface area contributed by atoms with Crippen molar-refractivity contribution in [3.63, 3.8) is 0 Å². The molecular weight excluding hydrogens is 178 g/mol. The average molecular weight is 195 g/mol. The van der Waals surface area contributed by atoms with E-state index in [1.807, 2.05) is 18.8 Å². The van der Waals surface area contributed by atoms with Crippen LogP contribution in [0.4, 0.5) is 5.69 Å². The molecule has 1 rings (SSSR count). The van der Waals surface area contributed by atoms with Crippen molar-refractivity contribution >= 4 is 17.4 Å². The van der Waals surface area contributed by atoms with Gasteiger partial charge in [-0.15, -0.1) is 0 Å². The predicted octanol–water partition coefficient (Wildman–Crippen LogP) is 3.37. The maximum Gasteiger partial charge on any atom is 0.0337 e. The molecule has 0 aromatic heterocycles. The summed E-state index contributed by atoms with van der Waals surface area (Å²) in [4.78, 5) is 0. The van der Waals surface area contributed by atoms with Crippen LogP contribution in [0.3, 0.4) is 0 Å². The van der Waals surface area contributed by atoms with Gasteiger partial charge in [0.15, 0.2) is 0 Å². The van der Waals surface area contributed by atoms with Gasteiger partial charge in [0.25, 0.3) is 0 Å². The zero-order valence-corrected chi connectivity index (χ0v) is 9.32. The van der Waals surface area contributed by atoms with Gasteiger partial charge in [-0.2, -0.15) is 11.8 Å². The van der Waals surface area contributed by atoms with Crippen LogP contribution in [0.5, 0.6) is 0 Å². The van der Waals surface area contributed by atoms with Gasteiger partial charge in [-0.1, -0.05) is 26.0 Å². The minimum atomic E-state index is 0.712. The minimum absolute atomic E-state index is 0.712. The van der Waals surface area contributed by atoms with Crippen molar-refractivity contribution in [2.24, 2.45) is 0 Å². The Kier molecular flexibility index (Phi) is 4.16. The van der Waals surface area contributed by atoms with E-state index in [0.29, 0.717) is 5.25 Å². The molecule has 1 nitrogen and oxygen atoms in total. The highest BCUT2D eigenvalue weighted by Gasteiger charge is 1.96. The van der Waals surface area contributed by atoms with E-state index in [0.717, 1.165) is 5.75 Å². The molecule has 0 aliphatic carbocycles. The quantitative estimate of drug-likeness (QED) is 0.790. The third-order valence-electron chi connectivity index (χ3n) is 1.83. The van der Waals surface area contributed by atoms with Crippen molar-refractivity contribution in [1.82, 2.24) is 0 Å². The van der Waals surface area contributed by atoms with E-state index < -0.39 is 0 Å². The molecule has 0 aliphatic rings. The Hall–Kier alpha value is -0.630. The molecule has 2 heteroatoms. The van der Waals surface area contributed by atoms with E-state index in [4.69, 9.17) is 0 Å². The zero-order valence-electron chi connectivity index (χ0n) is 8.50. The number of hydrogen-bond acceptors (Lipinski definition) is 2. The molecule has 0 saturated heterocycles. The van der Waals surface area contributed by atoms with Crippen molar-refractivity contribution < 1.29 is 0 Å². The average Bonchev–Trinajstić information content (AvgIpc) is 2.15. The summed E-state index contributed by atoms with van der Waals surface area (Å²) in [6, 6.07) is 8.61. The molecule has 0 bridgehead atoms. The molecule has 72 valence electrons. The van der Waals surface area contributed by atoms with Crippen molar-refractivity contribution in [2.45, 2.75) is 24.9 Å². The van der Waals surface area contributed by atoms with Crippen LogP contribution in [0, 0.1) is 0 Å². The van der Waals surface area contributed by atoms with Crippen LogP contribution in [-0.2, 0) is 5.75 Å². The predicted molar refractivity (Wildman–Crippen MR) is 62.4 cm³/mol. The van der Waals surface area contributed by atoms with Crippen LogP contribution in [0.2, 0.25) is 0 Å². The van der Waals surface area contributed by atoms with Crippen molar-refractivity contribution in [2.75, 3.05) is 12.4 Å². The van der Waals surface area contributed by atoms with E-state index in [1.54, 1.807) is 0 Å². The maximum absolute atomic E-state index is 3.11. The van der Waals surface area contributed by atoms with Crippen LogP contribution in [0.15, 0.2) is 24.3 Å². The lowest BCUT2D eigenvalue weighted by atomic mass is 10.2. The summed E-state index contributed by atoms with van der Waals surface area (Å²) in [6.45, 7) is 4.46. The minimum Gasteiger partial charge on any atom is -0.388 e. The standard InChI is InChI=1S/C11H17NS/c1-9(2)13-8-10-4-6-11(12-3)7-5-10/h4-7,9,12H,8H2,1-3H3. The second-order valence-corrected chi connectivity index (χ2v) is 4.87. The zero-order chi connectivity index (χ0) is 9.68. The summed E-state index contributed by atoms with van der Waals surface area (Å²) in [5.41, 5.74) is 2.58. The Balaban J connectivity index is 2.49. The van der Waals surface area contributed by atoms with Crippen LogP contribution in [0.1, 0.15) is 19.4 Å². The van der Waals surface area contributed by atoms with Crippen molar-refractivity contribution in [3.8, 4) is 0 Å². The fraction of sp³-hybridized carbons (Fsp3) is 0.455. The molecule has 13 heavy (non-hydrogen) atoms. The summed E-state index contributed by atoms with van der Waals surface area (Å²) in [5.74, 6) is 1.11. The number of rotatable bonds is 4. The number of nitrogens with one attached hydrogen (secondary N) is 1. The van der Waals surface area contributed by atoms with E-state index in [1.165, 1.54) is 11.3 Å². The topological polar surface area (TPSA) is 12.0 Å². The van der Waals surface area contributed by atoms with Gasteiger partial charge in [-0.3, -0.25) is 0 Å². The number of benzene rings is 1. The molecule has 0 amide bonds. The summed E-state index contributed by atoms with van der Waals surface area (Å²) >= 11 is 1.98. The normalized spacial score (nSPS) is 10.5. The largest absolute Gasteiger partial charge is 0.388 e. The Morgan fingerprint density at radius 3 is 2.31 bits per heavy atom. The molecule has 0 spiro atoms. The molecular formula is C11H17NS. The summed E-state index contributed by atoms with van der Waals surface area (Å²) in [7, 11) is 1.94. The lowest BCUT2D eigenvalue weighted by Gasteiger charge is -2.05. The molecule has 0 heterocycles. The molecule has 0 saturated carbocycles. The molecule has 0 fully saturated rings.